The lowest BCUT2D eigenvalue weighted by Crippen LogP contribution is -2.30. The molecule has 2 aromatic rings. The molecule has 1 saturated heterocycles. The first-order valence-electron chi connectivity index (χ1n) is 7.27. The SMILES string of the molecule is O=C(O)CCN1C(=O)/C(=C/c2ccc(-c3cccc(Cl)c3)s2)SC1=S. The lowest BCUT2D eigenvalue weighted by Gasteiger charge is -2.12. The minimum Gasteiger partial charge on any atom is -0.481 e. The Morgan fingerprint density at radius 3 is 2.84 bits per heavy atom. The van der Waals surface area contributed by atoms with Gasteiger partial charge in [-0.25, -0.2) is 0 Å². The van der Waals surface area contributed by atoms with Crippen LogP contribution in [0.15, 0.2) is 41.3 Å². The number of carboxylic acid groups (broad SMARTS) is 1. The first-order chi connectivity index (χ1) is 11.9. The van der Waals surface area contributed by atoms with Crippen molar-refractivity contribution in [3.63, 3.8) is 0 Å². The Bertz CT molecular complexity index is 891. The highest BCUT2D eigenvalue weighted by molar-refractivity contribution is 8.26. The maximum atomic E-state index is 12.4. The predicted molar refractivity (Wildman–Crippen MR) is 107 cm³/mol. The van der Waals surface area contributed by atoms with Crippen LogP contribution in [-0.2, 0) is 9.59 Å². The second-order valence-corrected chi connectivity index (χ2v) is 8.42. The molecule has 0 bridgehead atoms. The molecular formula is C17H12ClNO3S3. The van der Waals surface area contributed by atoms with Gasteiger partial charge in [0.15, 0.2) is 0 Å². The third kappa shape index (κ3) is 4.30. The average molecular weight is 410 g/mol. The first kappa shape index (κ1) is 18.1. The van der Waals surface area contributed by atoms with E-state index in [1.807, 2.05) is 36.4 Å². The number of carbonyl (C=O) groups excluding carboxylic acids is 1. The van der Waals surface area contributed by atoms with Gasteiger partial charge >= 0.3 is 5.97 Å². The summed E-state index contributed by atoms with van der Waals surface area (Å²) in [5.41, 5.74) is 1.02. The molecular weight excluding hydrogens is 398 g/mol. The summed E-state index contributed by atoms with van der Waals surface area (Å²) in [4.78, 5) is 26.9. The van der Waals surface area contributed by atoms with E-state index in [1.165, 1.54) is 16.7 Å². The second kappa shape index (κ2) is 7.70. The summed E-state index contributed by atoms with van der Waals surface area (Å²) >= 11 is 14.0. The van der Waals surface area contributed by atoms with Crippen molar-refractivity contribution in [3.8, 4) is 10.4 Å². The molecule has 1 aromatic carbocycles. The van der Waals surface area contributed by atoms with E-state index in [1.54, 1.807) is 17.4 Å². The fourth-order valence-corrected chi connectivity index (χ4v) is 4.77. The summed E-state index contributed by atoms with van der Waals surface area (Å²) in [6.45, 7) is 0.0928. The molecule has 1 fully saturated rings. The van der Waals surface area contributed by atoms with Gasteiger partial charge in [0.05, 0.1) is 11.3 Å². The van der Waals surface area contributed by atoms with Crippen molar-refractivity contribution in [3.05, 3.63) is 51.2 Å². The van der Waals surface area contributed by atoms with Crippen molar-refractivity contribution >= 4 is 69.2 Å². The van der Waals surface area contributed by atoms with Crippen LogP contribution in [0.25, 0.3) is 16.5 Å². The fourth-order valence-electron chi connectivity index (χ4n) is 2.26. The molecule has 2 heterocycles. The topological polar surface area (TPSA) is 57.6 Å². The van der Waals surface area contributed by atoms with E-state index in [0.717, 1.165) is 15.3 Å². The summed E-state index contributed by atoms with van der Waals surface area (Å²) in [5.74, 6) is -1.20. The highest BCUT2D eigenvalue weighted by Crippen LogP contribution is 2.36. The van der Waals surface area contributed by atoms with Crippen LogP contribution in [-0.4, -0.2) is 32.7 Å². The van der Waals surface area contributed by atoms with Crippen LogP contribution >= 0.6 is 46.9 Å². The Balaban J connectivity index is 1.79. The monoisotopic (exact) mass is 409 g/mol. The normalized spacial score (nSPS) is 16.0. The van der Waals surface area contributed by atoms with Crippen LogP contribution in [0.2, 0.25) is 5.02 Å². The Hall–Kier alpha value is -1.67. The number of hydrogen-bond donors (Lipinski definition) is 1. The van der Waals surface area contributed by atoms with Crippen LogP contribution in [0.4, 0.5) is 0 Å². The third-order valence-corrected chi connectivity index (χ3v) is 6.13. The number of thiocarbonyl (C=S) groups is 1. The number of hydrogen-bond acceptors (Lipinski definition) is 5. The molecule has 1 aliphatic heterocycles. The number of benzene rings is 1. The Morgan fingerprint density at radius 1 is 1.32 bits per heavy atom. The molecule has 1 amide bonds. The third-order valence-electron chi connectivity index (χ3n) is 3.43. The number of halogens is 1. The largest absolute Gasteiger partial charge is 0.481 e. The summed E-state index contributed by atoms with van der Waals surface area (Å²) in [7, 11) is 0. The van der Waals surface area contributed by atoms with Crippen LogP contribution in [0, 0.1) is 0 Å². The van der Waals surface area contributed by atoms with E-state index >= 15 is 0 Å². The van der Waals surface area contributed by atoms with Crippen LogP contribution in [0.3, 0.4) is 0 Å². The highest BCUT2D eigenvalue weighted by Gasteiger charge is 2.32. The number of amides is 1. The molecule has 0 spiro atoms. The maximum Gasteiger partial charge on any atom is 0.305 e. The molecule has 0 unspecified atom stereocenters. The number of thiophene rings is 1. The zero-order chi connectivity index (χ0) is 18.0. The molecule has 128 valence electrons. The number of carboxylic acids is 1. The van der Waals surface area contributed by atoms with E-state index < -0.39 is 5.97 Å². The summed E-state index contributed by atoms with van der Waals surface area (Å²) in [6.07, 6.45) is 1.66. The molecule has 0 saturated carbocycles. The highest BCUT2D eigenvalue weighted by atomic mass is 35.5. The van der Waals surface area contributed by atoms with Gasteiger partial charge in [-0.1, -0.05) is 47.7 Å². The molecule has 0 radical (unpaired) electrons. The molecule has 1 aliphatic rings. The van der Waals surface area contributed by atoms with Crippen molar-refractivity contribution in [2.24, 2.45) is 0 Å². The quantitative estimate of drug-likeness (QED) is 0.570. The molecule has 25 heavy (non-hydrogen) atoms. The van der Waals surface area contributed by atoms with Crippen molar-refractivity contribution in [1.29, 1.82) is 0 Å². The van der Waals surface area contributed by atoms with Crippen molar-refractivity contribution < 1.29 is 14.7 Å². The van der Waals surface area contributed by atoms with Gasteiger partial charge in [0.1, 0.15) is 4.32 Å². The molecule has 0 atom stereocenters. The maximum absolute atomic E-state index is 12.4. The van der Waals surface area contributed by atoms with Crippen molar-refractivity contribution in [2.45, 2.75) is 6.42 Å². The molecule has 4 nitrogen and oxygen atoms in total. The van der Waals surface area contributed by atoms with Gasteiger partial charge in [-0.2, -0.15) is 0 Å². The minimum absolute atomic E-state index is 0.0928. The van der Waals surface area contributed by atoms with E-state index in [9.17, 15) is 9.59 Å². The number of carbonyl (C=O) groups is 2. The van der Waals surface area contributed by atoms with Gasteiger partial charge in [-0.05, 0) is 35.9 Å². The smallest absolute Gasteiger partial charge is 0.305 e. The number of nitrogens with zero attached hydrogens (tertiary/aromatic N) is 1. The lowest BCUT2D eigenvalue weighted by molar-refractivity contribution is -0.137. The Labute approximate surface area is 163 Å². The second-order valence-electron chi connectivity index (χ2n) is 5.19. The summed E-state index contributed by atoms with van der Waals surface area (Å²) in [6, 6.07) is 11.5. The molecule has 8 heteroatoms. The van der Waals surface area contributed by atoms with Crippen LogP contribution in [0.5, 0.6) is 0 Å². The zero-order valence-corrected chi connectivity index (χ0v) is 16.0. The zero-order valence-electron chi connectivity index (χ0n) is 12.8. The van der Waals surface area contributed by atoms with Gasteiger partial charge in [-0.15, -0.1) is 11.3 Å². The number of rotatable bonds is 5. The first-order valence-corrected chi connectivity index (χ1v) is 9.69. The number of thioether (sulfide) groups is 1. The molecule has 1 N–H and O–H groups in total. The van der Waals surface area contributed by atoms with Crippen molar-refractivity contribution in [2.75, 3.05) is 6.54 Å². The Kier molecular flexibility index (Phi) is 5.58. The lowest BCUT2D eigenvalue weighted by atomic mass is 10.2. The van der Waals surface area contributed by atoms with Crippen molar-refractivity contribution in [1.82, 2.24) is 4.90 Å². The molecule has 0 aliphatic carbocycles. The minimum atomic E-state index is -0.956. The van der Waals surface area contributed by atoms with Gasteiger partial charge in [0.2, 0.25) is 0 Å². The van der Waals surface area contributed by atoms with Crippen LogP contribution < -0.4 is 0 Å². The van der Waals surface area contributed by atoms with E-state index in [4.69, 9.17) is 28.9 Å². The van der Waals surface area contributed by atoms with Gasteiger partial charge in [0, 0.05) is 21.3 Å². The van der Waals surface area contributed by atoms with Gasteiger partial charge < -0.3 is 5.11 Å². The summed E-state index contributed by atoms with van der Waals surface area (Å²) in [5, 5.41) is 9.44. The Morgan fingerprint density at radius 2 is 2.12 bits per heavy atom. The van der Waals surface area contributed by atoms with E-state index in [2.05, 4.69) is 0 Å². The van der Waals surface area contributed by atoms with E-state index in [0.29, 0.717) is 14.2 Å². The standard InChI is InChI=1S/C17H12ClNO3S3/c18-11-3-1-2-10(8-11)13-5-4-12(24-13)9-14-16(22)19(17(23)25-14)7-6-15(20)21/h1-5,8-9H,6-7H2,(H,20,21)/b14-9-. The fraction of sp³-hybridized carbons (Fsp3) is 0.118. The number of aliphatic carboxylic acids is 1. The summed E-state index contributed by atoms with van der Waals surface area (Å²) < 4.78 is 0.393. The van der Waals surface area contributed by atoms with Gasteiger partial charge in [0.25, 0.3) is 5.91 Å². The van der Waals surface area contributed by atoms with Gasteiger partial charge in [-0.3, -0.25) is 14.5 Å². The van der Waals surface area contributed by atoms with Crippen LogP contribution in [0.1, 0.15) is 11.3 Å². The predicted octanol–water partition coefficient (Wildman–Crippen LogP) is 4.74. The van der Waals surface area contributed by atoms with E-state index in [-0.39, 0.29) is 18.9 Å². The average Bonchev–Trinajstić information content (AvgIpc) is 3.12. The molecule has 1 aromatic heterocycles. The molecule has 3 rings (SSSR count).